The summed E-state index contributed by atoms with van der Waals surface area (Å²) in [6, 6.07) is 10.7. The highest BCUT2D eigenvalue weighted by Crippen LogP contribution is 2.33. The quantitative estimate of drug-likeness (QED) is 0.702. The molecule has 1 aromatic carbocycles. The molecule has 1 aliphatic carbocycles. The fraction of sp³-hybridized carbons (Fsp3) is 0.538. The van der Waals surface area contributed by atoms with Crippen molar-refractivity contribution < 1.29 is 0 Å². The first-order valence-electron chi connectivity index (χ1n) is 5.57. The van der Waals surface area contributed by atoms with Gasteiger partial charge in [0.1, 0.15) is 0 Å². The topological polar surface area (TPSA) is 12.0 Å². The van der Waals surface area contributed by atoms with E-state index in [-0.39, 0.29) is 0 Å². The van der Waals surface area contributed by atoms with E-state index in [0.717, 1.165) is 6.54 Å². The molecule has 0 atom stereocenters. The summed E-state index contributed by atoms with van der Waals surface area (Å²) in [5, 5.41) is 3.60. The maximum Gasteiger partial charge on any atom is 0.0154 e. The van der Waals surface area contributed by atoms with Crippen LogP contribution in [0.3, 0.4) is 0 Å². The van der Waals surface area contributed by atoms with Crippen LogP contribution in [0.2, 0.25) is 0 Å². The maximum absolute atomic E-state index is 3.60. The first kappa shape index (κ1) is 9.72. The van der Waals surface area contributed by atoms with E-state index in [0.29, 0.717) is 5.54 Å². The third-order valence-corrected chi connectivity index (χ3v) is 3.04. The van der Waals surface area contributed by atoms with Crippen LogP contribution in [0.5, 0.6) is 0 Å². The molecule has 0 bridgehead atoms. The lowest BCUT2D eigenvalue weighted by atomic mass is 10.1. The van der Waals surface area contributed by atoms with Gasteiger partial charge in [-0.1, -0.05) is 30.3 Å². The molecule has 1 aromatic rings. The third kappa shape index (κ3) is 2.85. The van der Waals surface area contributed by atoms with Crippen molar-refractivity contribution in [3.05, 3.63) is 35.9 Å². The molecular formula is C13H19N. The SMILES string of the molecule is CC1(NCCCc2ccccc2)CC1. The molecule has 1 N–H and O–H groups in total. The number of benzene rings is 1. The average Bonchev–Trinajstić information content (AvgIpc) is 2.94. The average molecular weight is 189 g/mol. The summed E-state index contributed by atoms with van der Waals surface area (Å²) in [5.74, 6) is 0. The molecule has 14 heavy (non-hydrogen) atoms. The second-order valence-corrected chi connectivity index (χ2v) is 4.58. The molecule has 1 fully saturated rings. The van der Waals surface area contributed by atoms with Crippen molar-refractivity contribution in [2.45, 2.75) is 38.1 Å². The zero-order valence-electron chi connectivity index (χ0n) is 8.92. The maximum atomic E-state index is 3.60. The molecule has 0 amide bonds. The number of hydrogen-bond donors (Lipinski definition) is 1. The smallest absolute Gasteiger partial charge is 0.0154 e. The Morgan fingerprint density at radius 3 is 2.57 bits per heavy atom. The predicted molar refractivity (Wildman–Crippen MR) is 60.4 cm³/mol. The van der Waals surface area contributed by atoms with E-state index in [9.17, 15) is 0 Å². The van der Waals surface area contributed by atoms with Crippen LogP contribution >= 0.6 is 0 Å². The van der Waals surface area contributed by atoms with Gasteiger partial charge in [-0.25, -0.2) is 0 Å². The van der Waals surface area contributed by atoms with E-state index in [1.54, 1.807) is 0 Å². The fourth-order valence-corrected chi connectivity index (χ4v) is 1.69. The van der Waals surface area contributed by atoms with Gasteiger partial charge >= 0.3 is 0 Å². The first-order chi connectivity index (χ1) is 6.79. The van der Waals surface area contributed by atoms with E-state index in [4.69, 9.17) is 0 Å². The van der Waals surface area contributed by atoms with Crippen LogP contribution in [-0.4, -0.2) is 12.1 Å². The Labute approximate surface area is 86.5 Å². The Balaban J connectivity index is 1.63. The Hall–Kier alpha value is -0.820. The molecule has 1 nitrogen and oxygen atoms in total. The van der Waals surface area contributed by atoms with Gasteiger partial charge in [0.2, 0.25) is 0 Å². The Bertz CT molecular complexity index is 275. The Morgan fingerprint density at radius 2 is 1.93 bits per heavy atom. The van der Waals surface area contributed by atoms with Crippen molar-refractivity contribution >= 4 is 0 Å². The van der Waals surface area contributed by atoms with Crippen LogP contribution in [-0.2, 0) is 6.42 Å². The molecular weight excluding hydrogens is 170 g/mol. The molecule has 0 saturated heterocycles. The summed E-state index contributed by atoms with van der Waals surface area (Å²) in [4.78, 5) is 0. The molecule has 76 valence electrons. The van der Waals surface area contributed by atoms with Gasteiger partial charge in [0.05, 0.1) is 0 Å². The summed E-state index contributed by atoms with van der Waals surface area (Å²) in [6.07, 6.45) is 5.17. The van der Waals surface area contributed by atoms with Gasteiger partial charge < -0.3 is 5.32 Å². The van der Waals surface area contributed by atoms with Crippen molar-refractivity contribution in [1.82, 2.24) is 5.32 Å². The minimum atomic E-state index is 0.497. The van der Waals surface area contributed by atoms with Crippen LogP contribution in [0.1, 0.15) is 31.7 Å². The van der Waals surface area contributed by atoms with Crippen molar-refractivity contribution in [2.24, 2.45) is 0 Å². The second-order valence-electron chi connectivity index (χ2n) is 4.58. The van der Waals surface area contributed by atoms with Gasteiger partial charge in [-0.3, -0.25) is 0 Å². The zero-order chi connectivity index (χ0) is 9.86. The Kier molecular flexibility index (Phi) is 2.87. The van der Waals surface area contributed by atoms with Crippen molar-refractivity contribution in [3.8, 4) is 0 Å². The lowest BCUT2D eigenvalue weighted by Crippen LogP contribution is -2.28. The van der Waals surface area contributed by atoms with E-state index >= 15 is 0 Å². The second kappa shape index (κ2) is 4.14. The summed E-state index contributed by atoms with van der Waals surface area (Å²) in [7, 11) is 0. The lowest BCUT2D eigenvalue weighted by Gasteiger charge is -2.10. The number of rotatable bonds is 5. The van der Waals surface area contributed by atoms with Gasteiger partial charge in [-0.15, -0.1) is 0 Å². The van der Waals surface area contributed by atoms with Gasteiger partial charge in [-0.2, -0.15) is 0 Å². The monoisotopic (exact) mass is 189 g/mol. The predicted octanol–water partition coefficient (Wildman–Crippen LogP) is 2.76. The molecule has 2 rings (SSSR count). The molecule has 0 spiro atoms. The van der Waals surface area contributed by atoms with E-state index in [2.05, 4.69) is 42.6 Å². The van der Waals surface area contributed by atoms with Crippen molar-refractivity contribution in [3.63, 3.8) is 0 Å². The Morgan fingerprint density at radius 1 is 1.21 bits per heavy atom. The molecule has 0 heterocycles. The third-order valence-electron chi connectivity index (χ3n) is 3.04. The summed E-state index contributed by atoms with van der Waals surface area (Å²) in [6.45, 7) is 3.47. The summed E-state index contributed by atoms with van der Waals surface area (Å²) in [5.41, 5.74) is 1.95. The van der Waals surface area contributed by atoms with Crippen molar-refractivity contribution in [2.75, 3.05) is 6.54 Å². The van der Waals surface area contributed by atoms with Crippen LogP contribution in [0.25, 0.3) is 0 Å². The summed E-state index contributed by atoms with van der Waals surface area (Å²) < 4.78 is 0. The molecule has 0 radical (unpaired) electrons. The summed E-state index contributed by atoms with van der Waals surface area (Å²) >= 11 is 0. The van der Waals surface area contributed by atoms with Gasteiger partial charge in [0.25, 0.3) is 0 Å². The van der Waals surface area contributed by atoms with Gasteiger partial charge in [-0.05, 0) is 44.7 Å². The number of nitrogens with one attached hydrogen (secondary N) is 1. The molecule has 0 aliphatic heterocycles. The normalized spacial score (nSPS) is 18.1. The van der Waals surface area contributed by atoms with Crippen LogP contribution in [0.15, 0.2) is 30.3 Å². The number of aryl methyl sites for hydroxylation is 1. The molecule has 1 heteroatoms. The molecule has 0 aromatic heterocycles. The largest absolute Gasteiger partial charge is 0.312 e. The van der Waals surface area contributed by atoms with Crippen molar-refractivity contribution in [1.29, 1.82) is 0 Å². The standard InChI is InChI=1S/C13H19N/c1-13(9-10-13)14-11-5-8-12-6-3-2-4-7-12/h2-4,6-7,14H,5,8-11H2,1H3. The molecule has 1 aliphatic rings. The number of hydrogen-bond acceptors (Lipinski definition) is 1. The van der Waals surface area contributed by atoms with Crippen LogP contribution < -0.4 is 5.32 Å². The highest BCUT2D eigenvalue weighted by Gasteiger charge is 2.35. The zero-order valence-corrected chi connectivity index (χ0v) is 8.92. The molecule has 0 unspecified atom stereocenters. The lowest BCUT2D eigenvalue weighted by molar-refractivity contribution is 0.526. The highest BCUT2D eigenvalue weighted by atomic mass is 15.0. The minimum Gasteiger partial charge on any atom is -0.312 e. The van der Waals surface area contributed by atoms with Gasteiger partial charge in [0.15, 0.2) is 0 Å². The van der Waals surface area contributed by atoms with E-state index in [1.165, 1.54) is 31.2 Å². The molecule has 1 saturated carbocycles. The minimum absolute atomic E-state index is 0.497. The van der Waals surface area contributed by atoms with Crippen LogP contribution in [0.4, 0.5) is 0 Å². The van der Waals surface area contributed by atoms with E-state index < -0.39 is 0 Å². The van der Waals surface area contributed by atoms with Crippen LogP contribution in [0, 0.1) is 0 Å². The highest BCUT2D eigenvalue weighted by molar-refractivity contribution is 5.14. The first-order valence-corrected chi connectivity index (χ1v) is 5.57. The fourth-order valence-electron chi connectivity index (χ4n) is 1.69. The van der Waals surface area contributed by atoms with Gasteiger partial charge in [0, 0.05) is 5.54 Å². The van der Waals surface area contributed by atoms with E-state index in [1.807, 2.05) is 0 Å².